The maximum Gasteiger partial charge on any atom is 0.124 e. The zero-order valence-electron chi connectivity index (χ0n) is 12.4. The van der Waals surface area contributed by atoms with Crippen LogP contribution in [-0.4, -0.2) is 44.3 Å². The fourth-order valence-corrected chi connectivity index (χ4v) is 2.74. The largest absolute Gasteiger partial charge is 0.383 e. The third-order valence-electron chi connectivity index (χ3n) is 3.75. The van der Waals surface area contributed by atoms with E-state index in [1.54, 1.807) is 13.2 Å². The maximum absolute atomic E-state index is 13.5. The highest BCUT2D eigenvalue weighted by atomic mass is 19.1. The molecule has 1 aliphatic rings. The van der Waals surface area contributed by atoms with Gasteiger partial charge in [-0.05, 0) is 43.1 Å². The molecule has 21 heavy (non-hydrogen) atoms. The summed E-state index contributed by atoms with van der Waals surface area (Å²) in [6.07, 6.45) is 2.39. The molecule has 0 radical (unpaired) electrons. The van der Waals surface area contributed by atoms with E-state index in [9.17, 15) is 4.39 Å². The van der Waals surface area contributed by atoms with E-state index in [1.165, 1.54) is 25.0 Å². The van der Waals surface area contributed by atoms with Crippen molar-refractivity contribution in [2.24, 2.45) is 0 Å². The number of hydrogen-bond acceptors (Lipinski definition) is 4. The van der Waals surface area contributed by atoms with Gasteiger partial charge in [-0.1, -0.05) is 0 Å². The zero-order valence-corrected chi connectivity index (χ0v) is 12.4. The molecule has 1 saturated heterocycles. The van der Waals surface area contributed by atoms with E-state index in [0.717, 1.165) is 25.2 Å². The van der Waals surface area contributed by atoms with Gasteiger partial charge >= 0.3 is 0 Å². The summed E-state index contributed by atoms with van der Waals surface area (Å²) in [6.45, 7) is 4.07. The molecule has 1 aromatic carbocycles. The Hall–Kier alpha value is -1.48. The van der Waals surface area contributed by atoms with Crippen LogP contribution in [0.5, 0.6) is 0 Å². The summed E-state index contributed by atoms with van der Waals surface area (Å²) in [5.74, 6) is -0.352. The van der Waals surface area contributed by atoms with E-state index < -0.39 is 0 Å². The Morgan fingerprint density at radius 1 is 1.48 bits per heavy atom. The number of methoxy groups -OCH3 is 1. The second kappa shape index (κ2) is 8.08. The molecule has 0 bridgehead atoms. The summed E-state index contributed by atoms with van der Waals surface area (Å²) in [5, 5.41) is 12.4. The van der Waals surface area contributed by atoms with Gasteiger partial charge in [-0.15, -0.1) is 0 Å². The van der Waals surface area contributed by atoms with Crippen molar-refractivity contribution in [3.63, 3.8) is 0 Å². The summed E-state index contributed by atoms with van der Waals surface area (Å²) in [5.41, 5.74) is 1.20. The minimum absolute atomic E-state index is 0.352. The van der Waals surface area contributed by atoms with Crippen LogP contribution in [0.15, 0.2) is 18.2 Å². The second-order valence-electron chi connectivity index (χ2n) is 5.48. The van der Waals surface area contributed by atoms with E-state index in [-0.39, 0.29) is 5.82 Å². The molecule has 1 aromatic rings. The lowest BCUT2D eigenvalue weighted by Gasteiger charge is -2.25. The third kappa shape index (κ3) is 5.09. The molecule has 1 N–H and O–H groups in total. The Morgan fingerprint density at radius 3 is 3.00 bits per heavy atom. The normalized spacial score (nSPS) is 18.1. The van der Waals surface area contributed by atoms with Gasteiger partial charge in [-0.2, -0.15) is 5.26 Å². The van der Waals surface area contributed by atoms with E-state index >= 15 is 0 Å². The summed E-state index contributed by atoms with van der Waals surface area (Å²) in [7, 11) is 1.68. The molecule has 1 heterocycles. The molecule has 0 spiro atoms. The van der Waals surface area contributed by atoms with E-state index in [4.69, 9.17) is 10.00 Å². The van der Waals surface area contributed by atoms with E-state index in [0.29, 0.717) is 24.8 Å². The average molecular weight is 291 g/mol. The molecule has 114 valence electrons. The van der Waals surface area contributed by atoms with Crippen LogP contribution in [0.4, 0.5) is 4.39 Å². The number of rotatable bonds is 7. The van der Waals surface area contributed by atoms with Crippen molar-refractivity contribution in [1.29, 1.82) is 5.26 Å². The number of ether oxygens (including phenoxy) is 1. The van der Waals surface area contributed by atoms with Crippen molar-refractivity contribution in [2.45, 2.75) is 25.4 Å². The Bertz CT molecular complexity index is 495. The Labute approximate surface area is 125 Å². The fourth-order valence-electron chi connectivity index (χ4n) is 2.74. The molecule has 4 nitrogen and oxygen atoms in total. The van der Waals surface area contributed by atoms with Crippen LogP contribution in [0.2, 0.25) is 0 Å². The summed E-state index contributed by atoms with van der Waals surface area (Å²) < 4.78 is 18.7. The first-order valence-corrected chi connectivity index (χ1v) is 7.35. The molecule has 0 aliphatic carbocycles. The van der Waals surface area contributed by atoms with Crippen molar-refractivity contribution in [3.05, 3.63) is 35.1 Å². The van der Waals surface area contributed by atoms with Crippen molar-refractivity contribution in [3.8, 4) is 6.07 Å². The van der Waals surface area contributed by atoms with Gasteiger partial charge in [-0.3, -0.25) is 4.90 Å². The van der Waals surface area contributed by atoms with Gasteiger partial charge < -0.3 is 10.1 Å². The van der Waals surface area contributed by atoms with E-state index in [2.05, 4.69) is 10.2 Å². The maximum atomic E-state index is 13.5. The zero-order chi connectivity index (χ0) is 15.1. The van der Waals surface area contributed by atoms with Crippen molar-refractivity contribution in [2.75, 3.05) is 33.4 Å². The lowest BCUT2D eigenvalue weighted by molar-refractivity contribution is 0.138. The van der Waals surface area contributed by atoms with Crippen LogP contribution in [-0.2, 0) is 11.3 Å². The van der Waals surface area contributed by atoms with Gasteiger partial charge in [0.25, 0.3) is 0 Å². The second-order valence-corrected chi connectivity index (χ2v) is 5.48. The van der Waals surface area contributed by atoms with Gasteiger partial charge in [0.05, 0.1) is 18.2 Å². The molecule has 1 atom stereocenters. The Balaban J connectivity index is 2.02. The molecule has 1 fully saturated rings. The van der Waals surface area contributed by atoms with Crippen LogP contribution in [0.3, 0.4) is 0 Å². The Morgan fingerprint density at radius 2 is 2.33 bits per heavy atom. The minimum atomic E-state index is -0.352. The summed E-state index contributed by atoms with van der Waals surface area (Å²) in [6, 6.07) is 7.02. The highest BCUT2D eigenvalue weighted by Crippen LogP contribution is 2.13. The number of benzene rings is 1. The number of hydrogen-bond donors (Lipinski definition) is 1. The van der Waals surface area contributed by atoms with Gasteiger partial charge in [0, 0.05) is 32.8 Å². The van der Waals surface area contributed by atoms with Crippen molar-refractivity contribution < 1.29 is 9.13 Å². The lowest BCUT2D eigenvalue weighted by Crippen LogP contribution is -2.38. The van der Waals surface area contributed by atoms with Crippen LogP contribution >= 0.6 is 0 Å². The fraction of sp³-hybridized carbons (Fsp3) is 0.562. The highest BCUT2D eigenvalue weighted by molar-refractivity contribution is 5.33. The van der Waals surface area contributed by atoms with Crippen LogP contribution in [0.1, 0.15) is 24.0 Å². The molecule has 0 saturated carbocycles. The van der Waals surface area contributed by atoms with Crippen molar-refractivity contribution in [1.82, 2.24) is 10.2 Å². The Kier molecular flexibility index (Phi) is 6.12. The first kappa shape index (κ1) is 15.9. The number of nitrogens with one attached hydrogen (secondary N) is 1. The predicted octanol–water partition coefficient (Wildman–Crippen LogP) is 1.90. The van der Waals surface area contributed by atoms with E-state index in [1.807, 2.05) is 6.07 Å². The SMILES string of the molecule is COCCN(Cc1cc(F)cc(C#N)c1)CC1CCCN1. The minimum Gasteiger partial charge on any atom is -0.383 e. The quantitative estimate of drug-likeness (QED) is 0.833. The van der Waals surface area contributed by atoms with Gasteiger partial charge in [-0.25, -0.2) is 4.39 Å². The summed E-state index contributed by atoms with van der Waals surface area (Å²) >= 11 is 0. The van der Waals surface area contributed by atoms with Gasteiger partial charge in [0.2, 0.25) is 0 Å². The topological polar surface area (TPSA) is 48.3 Å². The van der Waals surface area contributed by atoms with Gasteiger partial charge in [0.1, 0.15) is 5.82 Å². The predicted molar refractivity (Wildman–Crippen MR) is 79.3 cm³/mol. The molecular weight excluding hydrogens is 269 g/mol. The van der Waals surface area contributed by atoms with Crippen LogP contribution in [0, 0.1) is 17.1 Å². The molecule has 0 amide bonds. The number of halogens is 1. The molecule has 2 rings (SSSR count). The average Bonchev–Trinajstić information content (AvgIpc) is 2.97. The number of nitriles is 1. The first-order valence-electron chi connectivity index (χ1n) is 7.35. The van der Waals surface area contributed by atoms with Crippen molar-refractivity contribution >= 4 is 0 Å². The standard InChI is InChI=1S/C16H22FN3O/c1-21-6-5-20(12-16-3-2-4-19-16)11-14-7-13(10-18)8-15(17)9-14/h7-9,16,19H,2-6,11-12H2,1H3. The van der Waals surface area contributed by atoms with Gasteiger partial charge in [0.15, 0.2) is 0 Å². The van der Waals surface area contributed by atoms with Crippen LogP contribution < -0.4 is 5.32 Å². The van der Waals surface area contributed by atoms with Crippen LogP contribution in [0.25, 0.3) is 0 Å². The molecule has 1 unspecified atom stereocenters. The first-order chi connectivity index (χ1) is 10.2. The molecular formula is C16H22FN3O. The third-order valence-corrected chi connectivity index (χ3v) is 3.75. The number of nitrogens with zero attached hydrogens (tertiary/aromatic N) is 2. The molecule has 0 aromatic heterocycles. The lowest BCUT2D eigenvalue weighted by atomic mass is 10.1. The smallest absolute Gasteiger partial charge is 0.124 e. The molecule has 5 heteroatoms. The monoisotopic (exact) mass is 291 g/mol. The highest BCUT2D eigenvalue weighted by Gasteiger charge is 2.18. The summed E-state index contributed by atoms with van der Waals surface area (Å²) in [4.78, 5) is 2.25. The molecule has 1 aliphatic heterocycles.